The zero-order valence-electron chi connectivity index (χ0n) is 16.6. The number of fused-ring (bicyclic) bond motifs is 2. The zero-order valence-corrected chi connectivity index (χ0v) is 17.4. The Bertz CT molecular complexity index is 1370. The molecule has 2 heterocycles. The molecule has 0 aliphatic carbocycles. The molecule has 0 spiro atoms. The number of amides is 1. The maximum atomic E-state index is 13.2. The molecular weight excluding hydrogens is 435 g/mol. The molecule has 0 saturated heterocycles. The predicted octanol–water partition coefficient (Wildman–Crippen LogP) is 3.44. The summed E-state index contributed by atoms with van der Waals surface area (Å²) in [6.07, 6.45) is 0. The van der Waals surface area contributed by atoms with Crippen LogP contribution in [-0.4, -0.2) is 21.1 Å². The third-order valence-electron chi connectivity index (χ3n) is 5.16. The van der Waals surface area contributed by atoms with Gasteiger partial charge in [0.05, 0.1) is 10.6 Å². The van der Waals surface area contributed by atoms with Crippen LogP contribution >= 0.6 is 0 Å². The van der Waals surface area contributed by atoms with Crippen molar-refractivity contribution in [3.05, 3.63) is 88.6 Å². The van der Waals surface area contributed by atoms with Crippen LogP contribution in [0.25, 0.3) is 5.70 Å². The Morgan fingerprint density at radius 2 is 1.72 bits per heavy atom. The normalized spacial score (nSPS) is 15.4. The van der Waals surface area contributed by atoms with Crippen molar-refractivity contribution in [3.63, 3.8) is 0 Å². The molecule has 0 aromatic heterocycles. The SMILES string of the molecule is O=C(Nc1ccc(F)cc1)C1=C(NCc2ccc3c(c2)OCO3)c2ccccc2S1(=O)=O. The Morgan fingerprint density at radius 3 is 2.53 bits per heavy atom. The minimum Gasteiger partial charge on any atom is -0.454 e. The number of carbonyl (C=O) groups is 1. The highest BCUT2D eigenvalue weighted by Gasteiger charge is 2.39. The molecule has 0 fully saturated rings. The lowest BCUT2D eigenvalue weighted by Gasteiger charge is -2.12. The fourth-order valence-electron chi connectivity index (χ4n) is 3.65. The molecule has 0 radical (unpaired) electrons. The first kappa shape index (κ1) is 20.1. The van der Waals surface area contributed by atoms with E-state index >= 15 is 0 Å². The van der Waals surface area contributed by atoms with Crippen molar-refractivity contribution >= 4 is 27.1 Å². The van der Waals surface area contributed by atoms with Gasteiger partial charge in [0.1, 0.15) is 5.82 Å². The number of halogens is 1. The van der Waals surface area contributed by atoms with Crippen molar-refractivity contribution in [2.24, 2.45) is 0 Å². The van der Waals surface area contributed by atoms with Crippen LogP contribution < -0.4 is 20.1 Å². The van der Waals surface area contributed by atoms with E-state index in [1.165, 1.54) is 30.3 Å². The minimum atomic E-state index is -4.05. The van der Waals surface area contributed by atoms with E-state index in [0.29, 0.717) is 17.1 Å². The molecule has 1 amide bonds. The van der Waals surface area contributed by atoms with Gasteiger partial charge in [-0.15, -0.1) is 0 Å². The second kappa shape index (κ2) is 7.69. The van der Waals surface area contributed by atoms with Crippen LogP contribution in [0.3, 0.4) is 0 Å². The molecule has 0 bridgehead atoms. The maximum absolute atomic E-state index is 13.2. The minimum absolute atomic E-state index is 0.0532. The summed E-state index contributed by atoms with van der Waals surface area (Å²) in [7, 11) is -4.05. The molecule has 5 rings (SSSR count). The number of sulfone groups is 1. The lowest BCUT2D eigenvalue weighted by molar-refractivity contribution is -0.112. The number of carbonyl (C=O) groups excluding carboxylic acids is 1. The van der Waals surface area contributed by atoms with Gasteiger partial charge in [-0.3, -0.25) is 4.79 Å². The van der Waals surface area contributed by atoms with Gasteiger partial charge in [-0.1, -0.05) is 24.3 Å². The molecule has 0 unspecified atom stereocenters. The maximum Gasteiger partial charge on any atom is 0.269 e. The largest absolute Gasteiger partial charge is 0.454 e. The first-order valence-electron chi connectivity index (χ1n) is 9.71. The third kappa shape index (κ3) is 3.46. The fraction of sp³-hybridized carbons (Fsp3) is 0.0870. The van der Waals surface area contributed by atoms with Crippen molar-refractivity contribution < 1.29 is 27.1 Å². The van der Waals surface area contributed by atoms with E-state index in [1.807, 2.05) is 6.07 Å². The highest BCUT2D eigenvalue weighted by Crippen LogP contribution is 2.39. The average Bonchev–Trinajstić information content (AvgIpc) is 3.34. The Balaban J connectivity index is 1.50. The first-order chi connectivity index (χ1) is 15.4. The van der Waals surface area contributed by atoms with Crippen LogP contribution in [0.4, 0.5) is 10.1 Å². The lowest BCUT2D eigenvalue weighted by atomic mass is 10.1. The van der Waals surface area contributed by atoms with Crippen LogP contribution in [0, 0.1) is 5.82 Å². The summed E-state index contributed by atoms with van der Waals surface area (Å²) in [6, 6.07) is 16.9. The van der Waals surface area contributed by atoms with Gasteiger partial charge < -0.3 is 20.1 Å². The van der Waals surface area contributed by atoms with E-state index in [2.05, 4.69) is 10.6 Å². The first-order valence-corrected chi connectivity index (χ1v) is 11.2. The summed E-state index contributed by atoms with van der Waals surface area (Å²) >= 11 is 0. The molecule has 32 heavy (non-hydrogen) atoms. The molecule has 162 valence electrons. The molecule has 3 aromatic rings. The smallest absolute Gasteiger partial charge is 0.269 e. The molecule has 2 N–H and O–H groups in total. The number of nitrogens with one attached hydrogen (secondary N) is 2. The summed E-state index contributed by atoms with van der Waals surface area (Å²) in [6.45, 7) is 0.403. The molecule has 3 aromatic carbocycles. The molecule has 7 nitrogen and oxygen atoms in total. The molecule has 2 aliphatic heterocycles. The van der Waals surface area contributed by atoms with Gasteiger partial charge in [0, 0.05) is 17.8 Å². The van der Waals surface area contributed by atoms with Crippen molar-refractivity contribution in [1.29, 1.82) is 0 Å². The number of ether oxygens (including phenoxy) is 2. The van der Waals surface area contributed by atoms with Gasteiger partial charge in [-0.05, 0) is 48.0 Å². The van der Waals surface area contributed by atoms with Gasteiger partial charge in [-0.2, -0.15) is 0 Å². The molecule has 0 atom stereocenters. The number of rotatable bonds is 5. The van der Waals surface area contributed by atoms with Gasteiger partial charge in [-0.25, -0.2) is 12.8 Å². The molecular formula is C23H17FN2O5S. The Hall–Kier alpha value is -3.85. The lowest BCUT2D eigenvalue weighted by Crippen LogP contribution is -2.22. The van der Waals surface area contributed by atoms with Gasteiger partial charge in [0.25, 0.3) is 5.91 Å². The quantitative estimate of drug-likeness (QED) is 0.616. The average molecular weight is 452 g/mol. The standard InChI is InChI=1S/C23H17FN2O5S/c24-15-6-8-16(9-7-15)26-23(27)22-21(17-3-1-2-4-20(17)32(22,28)29)25-12-14-5-10-18-19(11-14)31-13-30-18/h1-11,25H,12-13H2,(H,26,27). The predicted molar refractivity (Wildman–Crippen MR) is 115 cm³/mol. The monoisotopic (exact) mass is 452 g/mol. The van der Waals surface area contributed by atoms with Crippen molar-refractivity contribution in [2.45, 2.75) is 11.4 Å². The Morgan fingerprint density at radius 1 is 0.969 bits per heavy atom. The Labute approximate surface area is 183 Å². The summed E-state index contributed by atoms with van der Waals surface area (Å²) in [5, 5.41) is 5.65. The van der Waals surface area contributed by atoms with Crippen LogP contribution in [0.1, 0.15) is 11.1 Å². The van der Waals surface area contributed by atoms with Gasteiger partial charge >= 0.3 is 0 Å². The van der Waals surface area contributed by atoms with E-state index in [0.717, 1.165) is 5.56 Å². The zero-order chi connectivity index (χ0) is 22.3. The molecule has 2 aliphatic rings. The van der Waals surface area contributed by atoms with E-state index < -0.39 is 21.6 Å². The number of hydrogen-bond donors (Lipinski definition) is 2. The van der Waals surface area contributed by atoms with Crippen molar-refractivity contribution in [2.75, 3.05) is 12.1 Å². The topological polar surface area (TPSA) is 93.7 Å². The number of benzene rings is 3. The highest BCUT2D eigenvalue weighted by molar-refractivity contribution is 7.97. The second-order valence-electron chi connectivity index (χ2n) is 7.21. The van der Waals surface area contributed by atoms with Crippen molar-refractivity contribution in [3.8, 4) is 11.5 Å². The highest BCUT2D eigenvalue weighted by atomic mass is 32.2. The van der Waals surface area contributed by atoms with Crippen LogP contribution in [-0.2, 0) is 21.2 Å². The van der Waals surface area contributed by atoms with Gasteiger partial charge in [0.15, 0.2) is 16.4 Å². The fourth-order valence-corrected chi connectivity index (χ4v) is 5.33. The summed E-state index contributed by atoms with van der Waals surface area (Å²) < 4.78 is 50.3. The van der Waals surface area contributed by atoms with E-state index in [4.69, 9.17) is 9.47 Å². The summed E-state index contributed by atoms with van der Waals surface area (Å²) in [5.41, 5.74) is 1.72. The van der Waals surface area contributed by atoms with Crippen LogP contribution in [0.15, 0.2) is 76.5 Å². The van der Waals surface area contributed by atoms with Crippen LogP contribution in [0.2, 0.25) is 0 Å². The van der Waals surface area contributed by atoms with Crippen molar-refractivity contribution in [1.82, 2.24) is 5.32 Å². The van der Waals surface area contributed by atoms with Crippen LogP contribution in [0.5, 0.6) is 11.5 Å². The molecule has 0 saturated carbocycles. The number of hydrogen-bond acceptors (Lipinski definition) is 6. The summed E-state index contributed by atoms with van der Waals surface area (Å²) in [5.74, 6) is -0.0247. The van der Waals surface area contributed by atoms with E-state index in [1.54, 1.807) is 30.3 Å². The van der Waals surface area contributed by atoms with Gasteiger partial charge in [0.2, 0.25) is 16.6 Å². The third-order valence-corrected chi connectivity index (χ3v) is 7.02. The Kier molecular flexibility index (Phi) is 4.82. The second-order valence-corrected chi connectivity index (χ2v) is 9.06. The number of anilines is 1. The molecule has 9 heteroatoms. The van der Waals surface area contributed by atoms with E-state index in [-0.39, 0.29) is 34.5 Å². The van der Waals surface area contributed by atoms with E-state index in [9.17, 15) is 17.6 Å². The summed E-state index contributed by atoms with van der Waals surface area (Å²) in [4.78, 5) is 12.7.